The van der Waals surface area contributed by atoms with Gasteiger partial charge in [-0.15, -0.1) is 0 Å². The molecule has 0 bridgehead atoms. The van der Waals surface area contributed by atoms with Gasteiger partial charge in [-0.25, -0.2) is 0 Å². The first-order valence-corrected chi connectivity index (χ1v) is 22.8. The monoisotopic (exact) mass is 845 g/mol. The molecule has 1 aromatic heterocycles. The summed E-state index contributed by atoms with van der Waals surface area (Å²) in [6.07, 6.45) is 0. The van der Waals surface area contributed by atoms with Crippen LogP contribution in [0.1, 0.15) is 25.0 Å². The number of anilines is 6. The van der Waals surface area contributed by atoms with E-state index < -0.39 is 0 Å². The number of aromatic nitrogens is 1. The predicted molar refractivity (Wildman–Crippen MR) is 279 cm³/mol. The summed E-state index contributed by atoms with van der Waals surface area (Å²) >= 11 is 0. The molecule has 0 saturated heterocycles. The Morgan fingerprint density at radius 2 is 0.803 bits per heavy atom. The van der Waals surface area contributed by atoms with E-state index in [2.05, 4.69) is 277 Å². The van der Waals surface area contributed by atoms with Crippen molar-refractivity contribution in [3.8, 4) is 39.1 Å². The van der Waals surface area contributed by atoms with Crippen LogP contribution in [-0.4, -0.2) is 4.57 Å². The Morgan fingerprint density at radius 1 is 0.333 bits per heavy atom. The van der Waals surface area contributed by atoms with Crippen molar-refractivity contribution in [1.29, 1.82) is 0 Å². The van der Waals surface area contributed by atoms with Crippen molar-refractivity contribution < 1.29 is 0 Å². The molecule has 10 aromatic carbocycles. The van der Waals surface area contributed by atoms with Crippen LogP contribution in [0.5, 0.6) is 0 Å². The molecule has 0 spiro atoms. The molecular weight excluding hydrogens is 799 g/mol. The van der Waals surface area contributed by atoms with E-state index in [-0.39, 0.29) is 5.41 Å². The minimum atomic E-state index is -0.157. The fourth-order valence-corrected chi connectivity index (χ4v) is 10.5. The molecule has 1 aliphatic carbocycles. The number of fused-ring (bicyclic) bond motifs is 7. The molecule has 66 heavy (non-hydrogen) atoms. The quantitative estimate of drug-likeness (QED) is 0.143. The number of hydrogen-bond acceptors (Lipinski definition) is 2. The third-order valence-electron chi connectivity index (χ3n) is 13.5. The number of benzene rings is 10. The van der Waals surface area contributed by atoms with E-state index in [1.165, 1.54) is 55.2 Å². The minimum Gasteiger partial charge on any atom is -0.310 e. The Morgan fingerprint density at radius 3 is 1.35 bits per heavy atom. The second kappa shape index (κ2) is 16.0. The van der Waals surface area contributed by atoms with Crippen LogP contribution in [0, 0.1) is 0 Å². The SMILES string of the molecule is CC1(C)c2ccccc2-c2ccc3c(c21)c1ccc(-c2ccccc2)cc1n3-c1ccc(-c2cc(N(c3ccccc3)c3ccccc3)cc(N(c3ccccc3)c3ccccc3)c2)cc1. The van der Waals surface area contributed by atoms with Crippen molar-refractivity contribution in [1.82, 2.24) is 4.57 Å². The predicted octanol–water partition coefficient (Wildman–Crippen LogP) is 17.4. The van der Waals surface area contributed by atoms with Crippen molar-refractivity contribution in [3.63, 3.8) is 0 Å². The zero-order valence-corrected chi connectivity index (χ0v) is 37.0. The van der Waals surface area contributed by atoms with Crippen LogP contribution < -0.4 is 9.80 Å². The molecule has 1 heterocycles. The number of nitrogens with zero attached hydrogens (tertiary/aromatic N) is 3. The zero-order valence-electron chi connectivity index (χ0n) is 37.0. The summed E-state index contributed by atoms with van der Waals surface area (Å²) in [6, 6.07) is 90.3. The van der Waals surface area contributed by atoms with E-state index in [9.17, 15) is 0 Å². The molecule has 11 aromatic rings. The first-order valence-electron chi connectivity index (χ1n) is 22.8. The summed E-state index contributed by atoms with van der Waals surface area (Å²) in [5, 5.41) is 2.60. The lowest BCUT2D eigenvalue weighted by atomic mass is 9.80. The third kappa shape index (κ3) is 6.59. The Labute approximate surface area is 386 Å². The molecule has 314 valence electrons. The van der Waals surface area contributed by atoms with Gasteiger partial charge in [0.15, 0.2) is 0 Å². The molecule has 3 heteroatoms. The van der Waals surface area contributed by atoms with E-state index >= 15 is 0 Å². The van der Waals surface area contributed by atoms with Gasteiger partial charge in [0.1, 0.15) is 0 Å². The van der Waals surface area contributed by atoms with E-state index in [1.807, 2.05) is 0 Å². The van der Waals surface area contributed by atoms with Crippen LogP contribution in [0.25, 0.3) is 60.9 Å². The second-order valence-electron chi connectivity index (χ2n) is 17.8. The van der Waals surface area contributed by atoms with Gasteiger partial charge in [0.05, 0.1) is 11.0 Å². The normalized spacial score (nSPS) is 12.5. The summed E-state index contributed by atoms with van der Waals surface area (Å²) in [6.45, 7) is 4.78. The summed E-state index contributed by atoms with van der Waals surface area (Å²) in [4.78, 5) is 4.71. The van der Waals surface area contributed by atoms with E-state index in [1.54, 1.807) is 0 Å². The van der Waals surface area contributed by atoms with Gasteiger partial charge in [0, 0.05) is 56.0 Å². The molecule has 0 amide bonds. The second-order valence-corrected chi connectivity index (χ2v) is 17.8. The minimum absolute atomic E-state index is 0.157. The number of hydrogen-bond donors (Lipinski definition) is 0. The van der Waals surface area contributed by atoms with Gasteiger partial charge in [-0.3, -0.25) is 0 Å². The fraction of sp³-hybridized carbons (Fsp3) is 0.0476. The first-order chi connectivity index (χ1) is 32.5. The van der Waals surface area contributed by atoms with Crippen molar-refractivity contribution in [2.24, 2.45) is 0 Å². The van der Waals surface area contributed by atoms with Crippen LogP contribution in [0.3, 0.4) is 0 Å². The van der Waals surface area contributed by atoms with Crippen molar-refractivity contribution in [2.45, 2.75) is 19.3 Å². The molecule has 0 atom stereocenters. The molecule has 0 fully saturated rings. The van der Waals surface area contributed by atoms with Gasteiger partial charge in [0.2, 0.25) is 0 Å². The van der Waals surface area contributed by atoms with Crippen molar-refractivity contribution in [2.75, 3.05) is 9.80 Å². The topological polar surface area (TPSA) is 11.4 Å². The molecule has 12 rings (SSSR count). The van der Waals surface area contributed by atoms with Crippen molar-refractivity contribution in [3.05, 3.63) is 260 Å². The van der Waals surface area contributed by atoms with Gasteiger partial charge in [-0.1, -0.05) is 172 Å². The largest absolute Gasteiger partial charge is 0.310 e. The summed E-state index contributed by atoms with van der Waals surface area (Å²) < 4.78 is 2.49. The van der Waals surface area contributed by atoms with Gasteiger partial charge < -0.3 is 14.4 Å². The van der Waals surface area contributed by atoms with E-state index in [4.69, 9.17) is 0 Å². The fourth-order valence-electron chi connectivity index (χ4n) is 10.5. The summed E-state index contributed by atoms with van der Waals surface area (Å²) in [7, 11) is 0. The molecule has 0 unspecified atom stereocenters. The van der Waals surface area contributed by atoms with Crippen LogP contribution >= 0.6 is 0 Å². The lowest BCUT2D eigenvalue weighted by Crippen LogP contribution is -2.15. The third-order valence-corrected chi connectivity index (χ3v) is 13.5. The molecule has 0 saturated carbocycles. The average molecular weight is 846 g/mol. The molecule has 3 nitrogen and oxygen atoms in total. The zero-order chi connectivity index (χ0) is 44.2. The summed E-state index contributed by atoms with van der Waals surface area (Å²) in [5.41, 5.74) is 20.0. The van der Waals surface area contributed by atoms with Crippen molar-refractivity contribution >= 4 is 55.9 Å². The van der Waals surface area contributed by atoms with Crippen LogP contribution in [0.2, 0.25) is 0 Å². The van der Waals surface area contributed by atoms with E-state index in [0.29, 0.717) is 0 Å². The smallest absolute Gasteiger partial charge is 0.0547 e. The highest BCUT2D eigenvalue weighted by molar-refractivity contribution is 6.15. The van der Waals surface area contributed by atoms with Gasteiger partial charge in [-0.05, 0) is 136 Å². The molecule has 0 aliphatic heterocycles. The lowest BCUT2D eigenvalue weighted by Gasteiger charge is -2.30. The standard InChI is InChI=1S/C63H47N3/c1-63(2)58-31-19-18-30-55(58)56-38-39-59-61(62(56)63)57-37-34-46(44-20-8-3-9-21-44)42-60(57)66(59)52-35-32-45(33-36-52)47-40-53(64(48-22-10-4-11-23-48)49-24-12-5-13-25-49)43-54(41-47)65(50-26-14-6-15-27-50)51-28-16-7-17-29-51/h3-43H,1-2H3. The average Bonchev–Trinajstić information content (AvgIpc) is 3.83. The Bertz CT molecular complexity index is 3340. The molecule has 0 radical (unpaired) electrons. The Hall–Kier alpha value is -8.40. The number of rotatable bonds is 9. The van der Waals surface area contributed by atoms with E-state index in [0.717, 1.165) is 50.9 Å². The molecule has 1 aliphatic rings. The number of para-hydroxylation sites is 4. The lowest BCUT2D eigenvalue weighted by molar-refractivity contribution is 0.666. The molecule has 0 N–H and O–H groups in total. The van der Waals surface area contributed by atoms with Gasteiger partial charge >= 0.3 is 0 Å². The van der Waals surface area contributed by atoms with Crippen LogP contribution in [0.15, 0.2) is 249 Å². The highest BCUT2D eigenvalue weighted by Gasteiger charge is 2.38. The first kappa shape index (κ1) is 39.2. The van der Waals surface area contributed by atoms with Crippen LogP contribution in [0.4, 0.5) is 34.1 Å². The highest BCUT2D eigenvalue weighted by Crippen LogP contribution is 2.53. The maximum atomic E-state index is 2.49. The van der Waals surface area contributed by atoms with Gasteiger partial charge in [0.25, 0.3) is 0 Å². The molecular formula is C63H47N3. The maximum absolute atomic E-state index is 2.49. The van der Waals surface area contributed by atoms with Crippen LogP contribution in [-0.2, 0) is 5.41 Å². The Balaban J connectivity index is 1.06. The maximum Gasteiger partial charge on any atom is 0.0547 e. The highest BCUT2D eigenvalue weighted by atomic mass is 15.2. The Kier molecular flexibility index (Phi) is 9.50. The summed E-state index contributed by atoms with van der Waals surface area (Å²) in [5.74, 6) is 0. The van der Waals surface area contributed by atoms with Gasteiger partial charge in [-0.2, -0.15) is 0 Å².